The number of hydrogen-bond donors (Lipinski definition) is 1. The van der Waals surface area contributed by atoms with Crippen molar-refractivity contribution >= 4 is 21.9 Å². The Labute approximate surface area is 165 Å². The Bertz CT molecular complexity index is 565. The first-order valence-electron chi connectivity index (χ1n) is 9.75. The van der Waals surface area contributed by atoms with E-state index in [1.54, 1.807) is 0 Å². The van der Waals surface area contributed by atoms with Gasteiger partial charge in [-0.2, -0.15) is 0 Å². The van der Waals surface area contributed by atoms with Gasteiger partial charge in [-0.1, -0.05) is 28.1 Å². The van der Waals surface area contributed by atoms with Crippen molar-refractivity contribution in [2.45, 2.75) is 51.4 Å². The van der Waals surface area contributed by atoms with Gasteiger partial charge in [-0.15, -0.1) is 0 Å². The molecule has 2 aliphatic heterocycles. The summed E-state index contributed by atoms with van der Waals surface area (Å²) in [6, 6.07) is 8.36. The van der Waals surface area contributed by atoms with Crippen LogP contribution in [0.15, 0.2) is 33.7 Å². The number of piperidine rings is 1. The summed E-state index contributed by atoms with van der Waals surface area (Å²) < 4.78 is 12.8. The van der Waals surface area contributed by atoms with Crippen molar-refractivity contribution in [3.05, 3.63) is 34.3 Å². The van der Waals surface area contributed by atoms with Gasteiger partial charge in [0.2, 0.25) is 0 Å². The molecule has 2 aliphatic rings. The largest absolute Gasteiger partial charge is 0.376 e. The molecule has 1 unspecified atom stereocenters. The molecule has 0 radical (unpaired) electrons. The number of aliphatic imine (C=N–C) groups is 1. The number of benzene rings is 1. The number of ether oxygens (including phenoxy) is 2. The molecule has 144 valence electrons. The van der Waals surface area contributed by atoms with Gasteiger partial charge in [-0.25, -0.2) is 4.99 Å². The molecular weight excluding hydrogens is 394 g/mol. The molecule has 0 aromatic heterocycles. The van der Waals surface area contributed by atoms with Crippen LogP contribution >= 0.6 is 15.9 Å². The van der Waals surface area contributed by atoms with Gasteiger partial charge >= 0.3 is 0 Å². The van der Waals surface area contributed by atoms with Crippen LogP contribution in [0.3, 0.4) is 0 Å². The number of rotatable bonds is 6. The molecule has 5 nitrogen and oxygen atoms in total. The van der Waals surface area contributed by atoms with Crippen LogP contribution in [0.4, 0.5) is 0 Å². The van der Waals surface area contributed by atoms with Crippen LogP contribution in [-0.4, -0.2) is 55.9 Å². The Morgan fingerprint density at radius 1 is 1.27 bits per heavy atom. The Morgan fingerprint density at radius 3 is 2.69 bits per heavy atom. The van der Waals surface area contributed by atoms with Crippen molar-refractivity contribution in [1.29, 1.82) is 0 Å². The Morgan fingerprint density at radius 2 is 2.04 bits per heavy atom. The fourth-order valence-corrected chi connectivity index (χ4v) is 3.70. The minimum Gasteiger partial charge on any atom is -0.376 e. The zero-order valence-electron chi connectivity index (χ0n) is 15.6. The summed E-state index contributed by atoms with van der Waals surface area (Å²) in [7, 11) is 0. The molecule has 2 saturated heterocycles. The first-order chi connectivity index (χ1) is 12.7. The van der Waals surface area contributed by atoms with Crippen molar-refractivity contribution < 1.29 is 9.47 Å². The number of guanidine groups is 1. The SMILES string of the molecule is CCNC(=NCc1ccc(Br)cc1)N1CCC(OCC2CCCO2)CC1. The fraction of sp³-hybridized carbons (Fsp3) is 0.650. The molecule has 0 aliphatic carbocycles. The smallest absolute Gasteiger partial charge is 0.194 e. The molecule has 2 fully saturated rings. The number of nitrogens with one attached hydrogen (secondary N) is 1. The average Bonchev–Trinajstić information content (AvgIpc) is 3.19. The summed E-state index contributed by atoms with van der Waals surface area (Å²) in [4.78, 5) is 7.18. The third-order valence-corrected chi connectivity index (χ3v) is 5.47. The van der Waals surface area contributed by atoms with Gasteiger partial charge in [0.15, 0.2) is 5.96 Å². The molecule has 0 bridgehead atoms. The maximum absolute atomic E-state index is 6.08. The van der Waals surface area contributed by atoms with E-state index in [1.807, 2.05) is 0 Å². The third-order valence-electron chi connectivity index (χ3n) is 4.94. The van der Waals surface area contributed by atoms with E-state index in [9.17, 15) is 0 Å². The third kappa shape index (κ3) is 5.96. The van der Waals surface area contributed by atoms with Crippen LogP contribution in [-0.2, 0) is 16.0 Å². The second-order valence-electron chi connectivity index (χ2n) is 6.95. The highest BCUT2D eigenvalue weighted by atomic mass is 79.9. The lowest BCUT2D eigenvalue weighted by atomic mass is 10.1. The second-order valence-corrected chi connectivity index (χ2v) is 7.87. The molecular formula is C20H30BrN3O2. The van der Waals surface area contributed by atoms with Gasteiger partial charge in [0, 0.05) is 30.7 Å². The summed E-state index contributed by atoms with van der Waals surface area (Å²) in [5.41, 5.74) is 1.22. The van der Waals surface area contributed by atoms with E-state index in [1.165, 1.54) is 12.0 Å². The summed E-state index contributed by atoms with van der Waals surface area (Å²) >= 11 is 3.48. The van der Waals surface area contributed by atoms with Crippen LogP contribution < -0.4 is 5.32 Å². The van der Waals surface area contributed by atoms with Gasteiger partial charge in [-0.3, -0.25) is 0 Å². The van der Waals surface area contributed by atoms with Crippen molar-refractivity contribution in [1.82, 2.24) is 10.2 Å². The van der Waals surface area contributed by atoms with Crippen molar-refractivity contribution in [3.63, 3.8) is 0 Å². The lowest BCUT2D eigenvalue weighted by molar-refractivity contribution is -0.0367. The number of halogens is 1. The predicted molar refractivity (Wildman–Crippen MR) is 108 cm³/mol. The van der Waals surface area contributed by atoms with E-state index >= 15 is 0 Å². The van der Waals surface area contributed by atoms with Crippen molar-refractivity contribution in [3.8, 4) is 0 Å². The summed E-state index contributed by atoms with van der Waals surface area (Å²) in [6.07, 6.45) is 5.09. The van der Waals surface area contributed by atoms with Gasteiger partial charge in [0.25, 0.3) is 0 Å². The fourth-order valence-electron chi connectivity index (χ4n) is 3.44. The van der Waals surface area contributed by atoms with E-state index in [4.69, 9.17) is 14.5 Å². The minimum absolute atomic E-state index is 0.317. The molecule has 1 N–H and O–H groups in total. The molecule has 2 heterocycles. The van der Waals surface area contributed by atoms with Crippen LogP contribution in [0.25, 0.3) is 0 Å². The second kappa shape index (κ2) is 10.3. The molecule has 3 rings (SSSR count). The van der Waals surface area contributed by atoms with E-state index in [0.717, 1.165) is 62.5 Å². The van der Waals surface area contributed by atoms with Crippen LogP contribution in [0.1, 0.15) is 38.2 Å². The number of hydrogen-bond acceptors (Lipinski definition) is 3. The lowest BCUT2D eigenvalue weighted by Gasteiger charge is -2.34. The highest BCUT2D eigenvalue weighted by molar-refractivity contribution is 9.10. The Hall–Kier alpha value is -1.11. The predicted octanol–water partition coefficient (Wildman–Crippen LogP) is 3.57. The minimum atomic E-state index is 0.317. The molecule has 0 spiro atoms. The monoisotopic (exact) mass is 423 g/mol. The topological polar surface area (TPSA) is 46.1 Å². The first-order valence-corrected chi connectivity index (χ1v) is 10.5. The quantitative estimate of drug-likeness (QED) is 0.560. The molecule has 0 amide bonds. The first kappa shape index (κ1) is 19.6. The van der Waals surface area contributed by atoms with Gasteiger partial charge in [0.1, 0.15) is 0 Å². The van der Waals surface area contributed by atoms with E-state index < -0.39 is 0 Å². The molecule has 1 aromatic carbocycles. The molecule has 26 heavy (non-hydrogen) atoms. The number of nitrogens with zero attached hydrogens (tertiary/aromatic N) is 2. The Kier molecular flexibility index (Phi) is 7.77. The highest BCUT2D eigenvalue weighted by Gasteiger charge is 2.24. The Balaban J connectivity index is 1.47. The maximum Gasteiger partial charge on any atom is 0.194 e. The average molecular weight is 424 g/mol. The highest BCUT2D eigenvalue weighted by Crippen LogP contribution is 2.18. The van der Waals surface area contributed by atoms with Crippen molar-refractivity contribution in [2.24, 2.45) is 4.99 Å². The molecule has 0 saturated carbocycles. The summed E-state index contributed by atoms with van der Waals surface area (Å²) in [5.74, 6) is 1.01. The van der Waals surface area contributed by atoms with Crippen LogP contribution in [0, 0.1) is 0 Å². The molecule has 1 atom stereocenters. The number of likely N-dealkylation sites (tertiary alicyclic amines) is 1. The molecule has 1 aromatic rings. The van der Waals surface area contributed by atoms with Crippen molar-refractivity contribution in [2.75, 3.05) is 32.8 Å². The maximum atomic E-state index is 6.08. The normalized spacial score (nSPS) is 22.0. The van der Waals surface area contributed by atoms with Crippen LogP contribution in [0.2, 0.25) is 0 Å². The standard InChI is InChI=1S/C20H30BrN3O2/c1-2-22-20(23-14-16-5-7-17(21)8-6-16)24-11-9-18(10-12-24)26-15-19-4-3-13-25-19/h5-8,18-19H,2-4,9-15H2,1H3,(H,22,23). The zero-order valence-corrected chi connectivity index (χ0v) is 17.2. The molecule has 6 heteroatoms. The van der Waals surface area contributed by atoms with Gasteiger partial charge in [-0.05, 0) is 50.3 Å². The summed E-state index contributed by atoms with van der Waals surface area (Å²) in [6.45, 7) is 7.33. The van der Waals surface area contributed by atoms with Gasteiger partial charge in [0.05, 0.1) is 25.4 Å². The van der Waals surface area contributed by atoms with E-state index in [0.29, 0.717) is 18.8 Å². The van der Waals surface area contributed by atoms with E-state index in [2.05, 4.69) is 57.3 Å². The summed E-state index contributed by atoms with van der Waals surface area (Å²) in [5, 5.41) is 3.43. The van der Waals surface area contributed by atoms with Crippen LogP contribution in [0.5, 0.6) is 0 Å². The van der Waals surface area contributed by atoms with Gasteiger partial charge < -0.3 is 19.7 Å². The zero-order chi connectivity index (χ0) is 18.2. The lowest BCUT2D eigenvalue weighted by Crippen LogP contribution is -2.47. The van der Waals surface area contributed by atoms with E-state index in [-0.39, 0.29) is 0 Å².